The van der Waals surface area contributed by atoms with E-state index in [4.69, 9.17) is 4.74 Å². The number of hydrogen-bond acceptors (Lipinski definition) is 5. The Hall–Kier alpha value is -1.69. The van der Waals surface area contributed by atoms with Gasteiger partial charge in [0, 0.05) is 45.6 Å². The summed E-state index contributed by atoms with van der Waals surface area (Å²) < 4.78 is 5.53. The average Bonchev–Trinajstić information content (AvgIpc) is 3.09. The molecule has 1 atom stereocenters. The molecule has 0 aromatic carbocycles. The van der Waals surface area contributed by atoms with Crippen LogP contribution in [0.25, 0.3) is 0 Å². The standard InChI is InChI=1S/C18H28N4O2/c1-13-19-15(12-17(20-13)21(2)3)11-14-6-8-22(9-7-14)18(23)16-5-4-10-24-16/h12,14,16H,4-11H2,1-3H3. The van der Waals surface area contributed by atoms with Crippen LogP contribution >= 0.6 is 0 Å². The lowest BCUT2D eigenvalue weighted by atomic mass is 9.91. The number of carbonyl (C=O) groups is 1. The van der Waals surface area contributed by atoms with Gasteiger partial charge in [0.25, 0.3) is 5.91 Å². The Morgan fingerprint density at radius 3 is 2.67 bits per heavy atom. The summed E-state index contributed by atoms with van der Waals surface area (Å²) in [5.41, 5.74) is 1.11. The third kappa shape index (κ3) is 4.04. The largest absolute Gasteiger partial charge is 0.368 e. The van der Waals surface area contributed by atoms with Crippen molar-refractivity contribution in [1.29, 1.82) is 0 Å². The van der Waals surface area contributed by atoms with Gasteiger partial charge in [-0.05, 0) is 44.9 Å². The van der Waals surface area contributed by atoms with Gasteiger partial charge in [-0.3, -0.25) is 4.79 Å². The number of piperidine rings is 1. The number of ether oxygens (including phenoxy) is 1. The third-order valence-electron chi connectivity index (χ3n) is 4.96. The quantitative estimate of drug-likeness (QED) is 0.842. The van der Waals surface area contributed by atoms with Gasteiger partial charge in [-0.25, -0.2) is 9.97 Å². The highest BCUT2D eigenvalue weighted by Gasteiger charge is 2.31. The Balaban J connectivity index is 1.54. The number of likely N-dealkylation sites (tertiary alicyclic amines) is 1. The van der Waals surface area contributed by atoms with Crippen molar-refractivity contribution in [2.75, 3.05) is 38.7 Å². The molecule has 3 rings (SSSR count). The van der Waals surface area contributed by atoms with Crippen LogP contribution in [0.15, 0.2) is 6.07 Å². The molecule has 0 N–H and O–H groups in total. The van der Waals surface area contributed by atoms with Gasteiger partial charge in [0.15, 0.2) is 0 Å². The van der Waals surface area contributed by atoms with E-state index in [9.17, 15) is 4.79 Å². The topological polar surface area (TPSA) is 58.6 Å². The second kappa shape index (κ2) is 7.47. The first kappa shape index (κ1) is 17.1. The summed E-state index contributed by atoms with van der Waals surface area (Å²) in [5.74, 6) is 2.56. The summed E-state index contributed by atoms with van der Waals surface area (Å²) >= 11 is 0. The fourth-order valence-electron chi connectivity index (χ4n) is 3.58. The number of rotatable bonds is 4. The van der Waals surface area contributed by atoms with Crippen LogP contribution in [0.5, 0.6) is 0 Å². The van der Waals surface area contributed by atoms with Crippen LogP contribution in [0.2, 0.25) is 0 Å². The molecule has 1 aromatic rings. The monoisotopic (exact) mass is 332 g/mol. The summed E-state index contributed by atoms with van der Waals surface area (Å²) in [7, 11) is 4.00. The Morgan fingerprint density at radius 1 is 1.29 bits per heavy atom. The van der Waals surface area contributed by atoms with E-state index in [0.717, 1.165) is 69.1 Å². The maximum atomic E-state index is 12.4. The fourth-order valence-corrected chi connectivity index (χ4v) is 3.58. The maximum absolute atomic E-state index is 12.4. The van der Waals surface area contributed by atoms with Crippen LogP contribution in [-0.4, -0.2) is 60.7 Å². The van der Waals surface area contributed by atoms with E-state index in [-0.39, 0.29) is 12.0 Å². The molecule has 6 nitrogen and oxygen atoms in total. The SMILES string of the molecule is Cc1nc(CC2CCN(C(=O)C3CCCO3)CC2)cc(N(C)C)n1. The van der Waals surface area contributed by atoms with Crippen LogP contribution < -0.4 is 4.90 Å². The highest BCUT2D eigenvalue weighted by Crippen LogP contribution is 2.24. The van der Waals surface area contributed by atoms with Gasteiger partial charge in [-0.15, -0.1) is 0 Å². The van der Waals surface area contributed by atoms with E-state index in [0.29, 0.717) is 5.92 Å². The number of amides is 1. The zero-order chi connectivity index (χ0) is 17.1. The van der Waals surface area contributed by atoms with Crippen molar-refractivity contribution in [2.24, 2.45) is 5.92 Å². The molecule has 1 amide bonds. The van der Waals surface area contributed by atoms with Gasteiger partial charge in [-0.1, -0.05) is 0 Å². The van der Waals surface area contributed by atoms with E-state index >= 15 is 0 Å². The lowest BCUT2D eigenvalue weighted by Crippen LogP contribution is -2.44. The lowest BCUT2D eigenvalue weighted by molar-refractivity contribution is -0.142. The number of aromatic nitrogens is 2. The molecule has 1 aromatic heterocycles. The zero-order valence-corrected chi connectivity index (χ0v) is 15.0. The van der Waals surface area contributed by atoms with Gasteiger partial charge in [0.2, 0.25) is 0 Å². The highest BCUT2D eigenvalue weighted by molar-refractivity contribution is 5.81. The molecule has 24 heavy (non-hydrogen) atoms. The van der Waals surface area contributed by atoms with Crippen molar-refractivity contribution in [3.8, 4) is 0 Å². The minimum Gasteiger partial charge on any atom is -0.368 e. The zero-order valence-electron chi connectivity index (χ0n) is 15.0. The number of hydrogen-bond donors (Lipinski definition) is 0. The number of nitrogens with zero attached hydrogens (tertiary/aromatic N) is 4. The van der Waals surface area contributed by atoms with Crippen LogP contribution in [0.3, 0.4) is 0 Å². The molecular formula is C18H28N4O2. The molecule has 0 spiro atoms. The first-order chi connectivity index (χ1) is 11.5. The Labute approximate surface area is 144 Å². The molecule has 2 aliphatic heterocycles. The smallest absolute Gasteiger partial charge is 0.251 e. The van der Waals surface area contributed by atoms with Crippen LogP contribution in [-0.2, 0) is 16.0 Å². The summed E-state index contributed by atoms with van der Waals surface area (Å²) in [6, 6.07) is 2.08. The average molecular weight is 332 g/mol. The molecule has 0 bridgehead atoms. The van der Waals surface area contributed by atoms with Crippen molar-refractivity contribution < 1.29 is 9.53 Å². The number of anilines is 1. The molecule has 0 aliphatic carbocycles. The van der Waals surface area contributed by atoms with Crippen molar-refractivity contribution >= 4 is 11.7 Å². The van der Waals surface area contributed by atoms with Crippen LogP contribution in [0.1, 0.15) is 37.2 Å². The van der Waals surface area contributed by atoms with Gasteiger partial charge >= 0.3 is 0 Å². The first-order valence-corrected chi connectivity index (χ1v) is 8.95. The summed E-state index contributed by atoms with van der Waals surface area (Å²) in [4.78, 5) is 25.5. The number of aryl methyl sites for hydroxylation is 1. The minimum absolute atomic E-state index is 0.186. The molecule has 2 saturated heterocycles. The Bertz CT molecular complexity index is 576. The molecule has 3 heterocycles. The highest BCUT2D eigenvalue weighted by atomic mass is 16.5. The molecule has 132 valence electrons. The van der Waals surface area contributed by atoms with Gasteiger partial charge in [0.05, 0.1) is 0 Å². The molecule has 1 unspecified atom stereocenters. The molecule has 2 aliphatic rings. The minimum atomic E-state index is -0.186. The number of carbonyl (C=O) groups excluding carboxylic acids is 1. The van der Waals surface area contributed by atoms with Crippen LogP contribution in [0.4, 0.5) is 5.82 Å². The first-order valence-electron chi connectivity index (χ1n) is 8.95. The van der Waals surface area contributed by atoms with Crippen molar-refractivity contribution in [3.63, 3.8) is 0 Å². The van der Waals surface area contributed by atoms with E-state index in [2.05, 4.69) is 16.0 Å². The lowest BCUT2D eigenvalue weighted by Gasteiger charge is -2.33. The summed E-state index contributed by atoms with van der Waals surface area (Å²) in [6.07, 6.45) is 4.75. The molecule has 0 radical (unpaired) electrons. The van der Waals surface area contributed by atoms with E-state index in [1.165, 1.54) is 0 Å². The van der Waals surface area contributed by atoms with E-state index in [1.54, 1.807) is 0 Å². The predicted molar refractivity (Wildman–Crippen MR) is 93.1 cm³/mol. The van der Waals surface area contributed by atoms with Gasteiger partial charge in [-0.2, -0.15) is 0 Å². The normalized spacial score (nSPS) is 22.0. The second-order valence-corrected chi connectivity index (χ2v) is 7.13. The molecule has 2 fully saturated rings. The van der Waals surface area contributed by atoms with Gasteiger partial charge < -0.3 is 14.5 Å². The van der Waals surface area contributed by atoms with Crippen molar-refractivity contribution in [2.45, 2.75) is 45.1 Å². The fraction of sp³-hybridized carbons (Fsp3) is 0.722. The van der Waals surface area contributed by atoms with Gasteiger partial charge in [0.1, 0.15) is 17.7 Å². The molecule has 6 heteroatoms. The molecule has 0 saturated carbocycles. The molecular weight excluding hydrogens is 304 g/mol. The summed E-state index contributed by atoms with van der Waals surface area (Å²) in [6.45, 7) is 4.36. The van der Waals surface area contributed by atoms with Crippen molar-refractivity contribution in [3.05, 3.63) is 17.6 Å². The van der Waals surface area contributed by atoms with Crippen LogP contribution in [0, 0.1) is 12.8 Å². The third-order valence-corrected chi connectivity index (χ3v) is 4.96. The predicted octanol–water partition coefficient (Wildman–Crippen LogP) is 1.81. The van der Waals surface area contributed by atoms with E-state index in [1.807, 2.05) is 30.8 Å². The Morgan fingerprint density at radius 2 is 2.04 bits per heavy atom. The summed E-state index contributed by atoms with van der Waals surface area (Å²) in [5, 5.41) is 0. The second-order valence-electron chi connectivity index (χ2n) is 7.13. The Kier molecular flexibility index (Phi) is 5.33. The maximum Gasteiger partial charge on any atom is 0.251 e. The van der Waals surface area contributed by atoms with Crippen molar-refractivity contribution in [1.82, 2.24) is 14.9 Å². The van der Waals surface area contributed by atoms with E-state index < -0.39 is 0 Å².